The SMILES string of the molecule is CN(CC1CCC2CCCCC2N1)C1CCCC1. The van der Waals surface area contributed by atoms with Crippen LogP contribution in [0.1, 0.15) is 64.2 Å². The van der Waals surface area contributed by atoms with Crippen LogP contribution in [0, 0.1) is 5.92 Å². The molecule has 0 aromatic carbocycles. The molecule has 3 fully saturated rings. The molecule has 2 saturated carbocycles. The minimum Gasteiger partial charge on any atom is -0.310 e. The van der Waals surface area contributed by atoms with E-state index in [1.54, 1.807) is 0 Å². The average molecular weight is 250 g/mol. The Balaban J connectivity index is 1.48. The van der Waals surface area contributed by atoms with Gasteiger partial charge in [-0.3, -0.25) is 0 Å². The van der Waals surface area contributed by atoms with Crippen LogP contribution in [0.4, 0.5) is 0 Å². The van der Waals surface area contributed by atoms with Crippen molar-refractivity contribution >= 4 is 0 Å². The first-order valence-electron chi connectivity index (χ1n) is 8.29. The molecular weight excluding hydrogens is 220 g/mol. The van der Waals surface area contributed by atoms with Crippen LogP contribution in [0.5, 0.6) is 0 Å². The molecule has 2 nitrogen and oxygen atoms in total. The fourth-order valence-electron chi connectivity index (χ4n) is 4.56. The van der Waals surface area contributed by atoms with Gasteiger partial charge in [0.2, 0.25) is 0 Å². The van der Waals surface area contributed by atoms with Crippen molar-refractivity contribution in [3.8, 4) is 0 Å². The fourth-order valence-corrected chi connectivity index (χ4v) is 4.56. The molecule has 3 rings (SSSR count). The lowest BCUT2D eigenvalue weighted by atomic mass is 9.77. The first-order valence-corrected chi connectivity index (χ1v) is 8.29. The predicted molar refractivity (Wildman–Crippen MR) is 76.8 cm³/mol. The predicted octanol–water partition coefficient (Wildman–Crippen LogP) is 3.17. The molecule has 18 heavy (non-hydrogen) atoms. The molecule has 1 heterocycles. The first-order chi connectivity index (χ1) is 8.83. The van der Waals surface area contributed by atoms with Gasteiger partial charge < -0.3 is 10.2 Å². The lowest BCUT2D eigenvalue weighted by Crippen LogP contribution is -2.53. The van der Waals surface area contributed by atoms with Gasteiger partial charge in [0, 0.05) is 24.7 Å². The maximum absolute atomic E-state index is 3.97. The molecule has 0 radical (unpaired) electrons. The van der Waals surface area contributed by atoms with Gasteiger partial charge in [0.1, 0.15) is 0 Å². The van der Waals surface area contributed by atoms with E-state index in [-0.39, 0.29) is 0 Å². The smallest absolute Gasteiger partial charge is 0.0197 e. The Morgan fingerprint density at radius 3 is 2.44 bits per heavy atom. The Morgan fingerprint density at radius 1 is 0.889 bits per heavy atom. The quantitative estimate of drug-likeness (QED) is 0.827. The molecule has 0 amide bonds. The van der Waals surface area contributed by atoms with E-state index in [9.17, 15) is 0 Å². The van der Waals surface area contributed by atoms with E-state index in [0.717, 1.165) is 24.0 Å². The standard InChI is InChI=1S/C16H30N2/c1-18(15-7-3-4-8-15)12-14-11-10-13-6-2-5-9-16(13)17-14/h13-17H,2-12H2,1H3. The Kier molecular flexibility index (Phi) is 4.25. The van der Waals surface area contributed by atoms with Crippen molar-refractivity contribution in [1.29, 1.82) is 0 Å². The Bertz CT molecular complexity index is 260. The van der Waals surface area contributed by atoms with Gasteiger partial charge in [-0.1, -0.05) is 25.7 Å². The van der Waals surface area contributed by atoms with Crippen molar-refractivity contribution in [3.05, 3.63) is 0 Å². The maximum Gasteiger partial charge on any atom is 0.0197 e. The molecule has 1 saturated heterocycles. The number of nitrogens with one attached hydrogen (secondary N) is 1. The Labute approximate surface area is 113 Å². The van der Waals surface area contributed by atoms with Crippen molar-refractivity contribution in [2.24, 2.45) is 5.92 Å². The molecule has 3 atom stereocenters. The molecule has 2 heteroatoms. The summed E-state index contributed by atoms with van der Waals surface area (Å²) in [6.07, 6.45) is 14.6. The molecule has 2 aliphatic carbocycles. The van der Waals surface area contributed by atoms with Gasteiger partial charge in [0.05, 0.1) is 0 Å². The van der Waals surface area contributed by atoms with Gasteiger partial charge in [-0.15, -0.1) is 0 Å². The summed E-state index contributed by atoms with van der Waals surface area (Å²) in [5, 5.41) is 3.97. The van der Waals surface area contributed by atoms with Gasteiger partial charge in [-0.2, -0.15) is 0 Å². The van der Waals surface area contributed by atoms with E-state index in [2.05, 4.69) is 17.3 Å². The number of likely N-dealkylation sites (N-methyl/N-ethyl adjacent to an activating group) is 1. The third-order valence-electron chi connectivity index (χ3n) is 5.70. The summed E-state index contributed by atoms with van der Waals surface area (Å²) >= 11 is 0. The summed E-state index contributed by atoms with van der Waals surface area (Å²) in [5.74, 6) is 1.01. The molecule has 0 aromatic heterocycles. The molecule has 0 aromatic rings. The van der Waals surface area contributed by atoms with Crippen molar-refractivity contribution in [2.75, 3.05) is 13.6 Å². The Morgan fingerprint density at radius 2 is 1.61 bits per heavy atom. The van der Waals surface area contributed by atoms with Crippen LogP contribution >= 0.6 is 0 Å². The van der Waals surface area contributed by atoms with E-state index >= 15 is 0 Å². The molecule has 104 valence electrons. The van der Waals surface area contributed by atoms with Crippen molar-refractivity contribution in [2.45, 2.75) is 82.3 Å². The number of hydrogen-bond acceptors (Lipinski definition) is 2. The van der Waals surface area contributed by atoms with Gasteiger partial charge in [-0.25, -0.2) is 0 Å². The second-order valence-corrected chi connectivity index (χ2v) is 6.97. The zero-order valence-corrected chi connectivity index (χ0v) is 12.0. The van der Waals surface area contributed by atoms with Crippen LogP contribution in [-0.4, -0.2) is 36.6 Å². The summed E-state index contributed by atoms with van der Waals surface area (Å²) in [5.41, 5.74) is 0. The summed E-state index contributed by atoms with van der Waals surface area (Å²) in [6.45, 7) is 1.29. The summed E-state index contributed by atoms with van der Waals surface area (Å²) in [7, 11) is 2.35. The van der Waals surface area contributed by atoms with Crippen molar-refractivity contribution in [1.82, 2.24) is 10.2 Å². The van der Waals surface area contributed by atoms with Crippen LogP contribution in [-0.2, 0) is 0 Å². The van der Waals surface area contributed by atoms with Crippen molar-refractivity contribution in [3.63, 3.8) is 0 Å². The normalized spacial score (nSPS) is 38.0. The Hall–Kier alpha value is -0.0800. The molecule has 1 N–H and O–H groups in total. The molecule has 3 unspecified atom stereocenters. The maximum atomic E-state index is 3.97. The minimum atomic E-state index is 0.773. The topological polar surface area (TPSA) is 15.3 Å². The highest BCUT2D eigenvalue weighted by molar-refractivity contribution is 4.91. The summed E-state index contributed by atoms with van der Waals surface area (Å²) < 4.78 is 0. The van der Waals surface area contributed by atoms with Crippen LogP contribution in [0.15, 0.2) is 0 Å². The van der Waals surface area contributed by atoms with E-state index in [1.807, 2.05) is 0 Å². The minimum absolute atomic E-state index is 0.773. The van der Waals surface area contributed by atoms with Crippen LogP contribution < -0.4 is 5.32 Å². The third kappa shape index (κ3) is 2.91. The van der Waals surface area contributed by atoms with Gasteiger partial charge in [0.15, 0.2) is 0 Å². The van der Waals surface area contributed by atoms with Gasteiger partial charge >= 0.3 is 0 Å². The second-order valence-electron chi connectivity index (χ2n) is 6.97. The second kappa shape index (κ2) is 5.92. The lowest BCUT2D eigenvalue weighted by molar-refractivity contribution is 0.138. The van der Waals surface area contributed by atoms with Crippen LogP contribution in [0.2, 0.25) is 0 Å². The fraction of sp³-hybridized carbons (Fsp3) is 1.00. The zero-order valence-electron chi connectivity index (χ0n) is 12.0. The van der Waals surface area contributed by atoms with Gasteiger partial charge in [-0.05, 0) is 51.5 Å². The largest absolute Gasteiger partial charge is 0.310 e. The highest BCUT2D eigenvalue weighted by Crippen LogP contribution is 2.32. The number of piperidine rings is 1. The molecule has 0 bridgehead atoms. The summed E-state index contributed by atoms with van der Waals surface area (Å²) in [6, 6.07) is 2.51. The highest BCUT2D eigenvalue weighted by atomic mass is 15.2. The molecule has 1 aliphatic heterocycles. The number of rotatable bonds is 3. The van der Waals surface area contributed by atoms with E-state index in [4.69, 9.17) is 0 Å². The zero-order chi connectivity index (χ0) is 12.4. The van der Waals surface area contributed by atoms with E-state index in [1.165, 1.54) is 70.8 Å². The molecule has 3 aliphatic rings. The number of hydrogen-bond donors (Lipinski definition) is 1. The summed E-state index contributed by atoms with van der Waals surface area (Å²) in [4.78, 5) is 2.65. The molecular formula is C16H30N2. The van der Waals surface area contributed by atoms with E-state index in [0.29, 0.717) is 0 Å². The number of nitrogens with zero attached hydrogens (tertiary/aromatic N) is 1. The molecule has 0 spiro atoms. The highest BCUT2D eigenvalue weighted by Gasteiger charge is 2.32. The van der Waals surface area contributed by atoms with E-state index < -0.39 is 0 Å². The first kappa shape index (κ1) is 12.9. The lowest BCUT2D eigenvalue weighted by Gasteiger charge is -2.42. The monoisotopic (exact) mass is 250 g/mol. The van der Waals surface area contributed by atoms with Crippen LogP contribution in [0.25, 0.3) is 0 Å². The third-order valence-corrected chi connectivity index (χ3v) is 5.70. The van der Waals surface area contributed by atoms with Crippen LogP contribution in [0.3, 0.4) is 0 Å². The average Bonchev–Trinajstić information content (AvgIpc) is 2.92. The number of fused-ring (bicyclic) bond motifs is 1. The van der Waals surface area contributed by atoms with Crippen molar-refractivity contribution < 1.29 is 0 Å². The van der Waals surface area contributed by atoms with Gasteiger partial charge in [0.25, 0.3) is 0 Å².